The van der Waals surface area contributed by atoms with Crippen molar-refractivity contribution >= 4 is 72.5 Å². The smallest absolute Gasteiger partial charge is 0.344 e. The van der Waals surface area contributed by atoms with Crippen molar-refractivity contribution in [2.75, 3.05) is 20.3 Å². The van der Waals surface area contributed by atoms with Gasteiger partial charge in [0.2, 0.25) is 0 Å². The predicted molar refractivity (Wildman–Crippen MR) is 127 cm³/mol. The van der Waals surface area contributed by atoms with Gasteiger partial charge in [-0.25, -0.2) is 10.2 Å². The van der Waals surface area contributed by atoms with Gasteiger partial charge < -0.3 is 18.6 Å². The molecule has 2 aromatic carbocycles. The van der Waals surface area contributed by atoms with Crippen LogP contribution < -0.4 is 14.9 Å². The molecule has 0 bridgehead atoms. The summed E-state index contributed by atoms with van der Waals surface area (Å²) in [5, 5.41) is 4.90. The summed E-state index contributed by atoms with van der Waals surface area (Å²) >= 11 is 13.1. The van der Waals surface area contributed by atoms with E-state index in [1.165, 1.54) is 13.3 Å². The topological polar surface area (TPSA) is 99.4 Å². The molecule has 0 aliphatic rings. The molecule has 1 N–H and O–H groups in total. The average molecular weight is 589 g/mol. The second-order valence-electron chi connectivity index (χ2n) is 6.24. The minimum atomic E-state index is -0.524. The van der Waals surface area contributed by atoms with Crippen LogP contribution in [0.25, 0.3) is 11.0 Å². The number of nitrogens with zero attached hydrogens (tertiary/aromatic N) is 1. The Morgan fingerprint density at radius 1 is 1.22 bits per heavy atom. The predicted octanol–water partition coefficient (Wildman–Crippen LogP) is 5.33. The standard InChI is InChI=1S/C21H17Br2ClN2O6/c1-3-30-18(27)10-31-20-15(24)4-11(5-16(20)29-2)9-25-26-21(28)17-7-12-6-13(22)8-14(23)19(12)32-17/h4-9H,3,10H2,1-2H3,(H,26,28)/b25-9-. The number of amides is 1. The molecule has 0 saturated heterocycles. The van der Waals surface area contributed by atoms with Crippen molar-refractivity contribution in [2.24, 2.45) is 5.10 Å². The monoisotopic (exact) mass is 586 g/mol. The Kier molecular flexibility index (Phi) is 8.16. The molecule has 0 aliphatic carbocycles. The van der Waals surface area contributed by atoms with Crippen LogP contribution in [0.1, 0.15) is 23.0 Å². The highest BCUT2D eigenvalue weighted by molar-refractivity contribution is 9.11. The summed E-state index contributed by atoms with van der Waals surface area (Å²) in [5.41, 5.74) is 3.49. The lowest BCUT2D eigenvalue weighted by atomic mass is 10.2. The second kappa shape index (κ2) is 10.8. The zero-order chi connectivity index (χ0) is 23.3. The molecule has 0 saturated carbocycles. The Labute approximate surface area is 205 Å². The molecule has 0 spiro atoms. The lowest BCUT2D eigenvalue weighted by Crippen LogP contribution is -2.16. The molecule has 32 heavy (non-hydrogen) atoms. The molecule has 3 aromatic rings. The molecule has 0 atom stereocenters. The second-order valence-corrected chi connectivity index (χ2v) is 8.42. The molecule has 0 radical (unpaired) electrons. The van der Waals surface area contributed by atoms with Crippen molar-refractivity contribution in [1.29, 1.82) is 0 Å². The number of hydrogen-bond acceptors (Lipinski definition) is 7. The van der Waals surface area contributed by atoms with Gasteiger partial charge in [-0.1, -0.05) is 27.5 Å². The van der Waals surface area contributed by atoms with E-state index < -0.39 is 11.9 Å². The van der Waals surface area contributed by atoms with Crippen molar-refractivity contribution in [2.45, 2.75) is 6.92 Å². The van der Waals surface area contributed by atoms with Crippen LogP contribution in [0.2, 0.25) is 5.02 Å². The van der Waals surface area contributed by atoms with E-state index in [0.29, 0.717) is 16.9 Å². The van der Waals surface area contributed by atoms with Crippen LogP contribution in [-0.2, 0) is 9.53 Å². The van der Waals surface area contributed by atoms with Crippen LogP contribution in [-0.4, -0.2) is 38.4 Å². The highest BCUT2D eigenvalue weighted by Gasteiger charge is 2.15. The third-order valence-corrected chi connectivity index (χ3v) is 5.36. The normalized spacial score (nSPS) is 11.0. The van der Waals surface area contributed by atoms with Gasteiger partial charge in [0.1, 0.15) is 5.58 Å². The third kappa shape index (κ3) is 5.81. The van der Waals surface area contributed by atoms with Crippen molar-refractivity contribution in [3.05, 3.63) is 55.6 Å². The summed E-state index contributed by atoms with van der Waals surface area (Å²) in [5.74, 6) is -0.448. The fourth-order valence-electron chi connectivity index (χ4n) is 2.70. The first kappa shape index (κ1) is 24.1. The molecular weight excluding hydrogens is 572 g/mol. The summed E-state index contributed by atoms with van der Waals surface area (Å²) in [6.07, 6.45) is 1.39. The lowest BCUT2D eigenvalue weighted by Gasteiger charge is -2.12. The first-order valence-electron chi connectivity index (χ1n) is 9.20. The molecule has 0 unspecified atom stereocenters. The number of furan rings is 1. The zero-order valence-electron chi connectivity index (χ0n) is 16.9. The van der Waals surface area contributed by atoms with Gasteiger partial charge in [0.15, 0.2) is 23.9 Å². The van der Waals surface area contributed by atoms with Crippen LogP contribution in [0.5, 0.6) is 11.5 Å². The molecule has 1 heterocycles. The fraction of sp³-hybridized carbons (Fsp3) is 0.190. The van der Waals surface area contributed by atoms with Gasteiger partial charge in [0.25, 0.3) is 0 Å². The van der Waals surface area contributed by atoms with Gasteiger partial charge in [-0.3, -0.25) is 4.79 Å². The van der Waals surface area contributed by atoms with E-state index in [2.05, 4.69) is 42.4 Å². The van der Waals surface area contributed by atoms with E-state index in [1.54, 1.807) is 25.1 Å². The van der Waals surface area contributed by atoms with Crippen molar-refractivity contribution in [3.63, 3.8) is 0 Å². The largest absolute Gasteiger partial charge is 0.493 e. The van der Waals surface area contributed by atoms with Crippen molar-refractivity contribution in [1.82, 2.24) is 5.43 Å². The van der Waals surface area contributed by atoms with E-state index in [-0.39, 0.29) is 29.7 Å². The quantitative estimate of drug-likeness (QED) is 0.217. The number of halogens is 3. The van der Waals surface area contributed by atoms with E-state index in [0.717, 1.165) is 14.3 Å². The molecular formula is C21H17Br2ClN2O6. The average Bonchev–Trinajstić information content (AvgIpc) is 3.17. The summed E-state index contributed by atoms with van der Waals surface area (Å²) in [6, 6.07) is 8.42. The Morgan fingerprint density at radius 2 is 2.00 bits per heavy atom. The Morgan fingerprint density at radius 3 is 2.72 bits per heavy atom. The summed E-state index contributed by atoms with van der Waals surface area (Å²) in [7, 11) is 1.43. The SMILES string of the molecule is CCOC(=O)COc1c(Cl)cc(/C=N\NC(=O)c2cc3cc(Br)cc(Br)c3o2)cc1OC. The maximum absolute atomic E-state index is 12.4. The number of hydrogen-bond donors (Lipinski definition) is 1. The first-order chi connectivity index (χ1) is 15.3. The number of rotatable bonds is 8. The van der Waals surface area contributed by atoms with Crippen molar-refractivity contribution in [3.8, 4) is 11.5 Å². The lowest BCUT2D eigenvalue weighted by molar-refractivity contribution is -0.145. The number of nitrogens with one attached hydrogen (secondary N) is 1. The summed E-state index contributed by atoms with van der Waals surface area (Å²) in [6.45, 7) is 1.64. The highest BCUT2D eigenvalue weighted by atomic mass is 79.9. The van der Waals surface area contributed by atoms with E-state index in [1.807, 2.05) is 12.1 Å². The number of ether oxygens (including phenoxy) is 3. The number of methoxy groups -OCH3 is 1. The van der Waals surface area contributed by atoms with Gasteiger partial charge in [-0.05, 0) is 58.7 Å². The highest BCUT2D eigenvalue weighted by Crippen LogP contribution is 2.36. The van der Waals surface area contributed by atoms with Gasteiger partial charge in [0.05, 0.1) is 29.4 Å². The molecule has 0 aliphatic heterocycles. The zero-order valence-corrected chi connectivity index (χ0v) is 20.8. The van der Waals surface area contributed by atoms with E-state index >= 15 is 0 Å². The van der Waals surface area contributed by atoms with Gasteiger partial charge in [0, 0.05) is 9.86 Å². The number of esters is 1. The van der Waals surface area contributed by atoms with Crippen LogP contribution in [0.3, 0.4) is 0 Å². The van der Waals surface area contributed by atoms with Gasteiger partial charge >= 0.3 is 11.9 Å². The van der Waals surface area contributed by atoms with Crippen LogP contribution in [0.4, 0.5) is 0 Å². The first-order valence-corrected chi connectivity index (χ1v) is 11.2. The van der Waals surface area contributed by atoms with E-state index in [4.69, 9.17) is 30.2 Å². The molecule has 8 nitrogen and oxygen atoms in total. The molecule has 1 aromatic heterocycles. The maximum atomic E-state index is 12.4. The molecule has 168 valence electrons. The van der Waals surface area contributed by atoms with Crippen molar-refractivity contribution < 1.29 is 28.2 Å². The molecule has 11 heteroatoms. The number of benzene rings is 2. The molecule has 3 rings (SSSR count). The number of fused-ring (bicyclic) bond motifs is 1. The number of hydrazone groups is 1. The summed E-state index contributed by atoms with van der Waals surface area (Å²) in [4.78, 5) is 23.9. The number of carbonyl (C=O) groups excluding carboxylic acids is 2. The number of carbonyl (C=O) groups is 2. The van der Waals surface area contributed by atoms with E-state index in [9.17, 15) is 9.59 Å². The third-order valence-electron chi connectivity index (χ3n) is 4.03. The van der Waals surface area contributed by atoms with Gasteiger partial charge in [-0.2, -0.15) is 5.10 Å². The van der Waals surface area contributed by atoms with Crippen LogP contribution in [0, 0.1) is 0 Å². The minimum Gasteiger partial charge on any atom is -0.493 e. The molecule has 0 fully saturated rings. The minimum absolute atomic E-state index is 0.106. The van der Waals surface area contributed by atoms with Gasteiger partial charge in [-0.15, -0.1) is 0 Å². The maximum Gasteiger partial charge on any atom is 0.344 e. The van der Waals surface area contributed by atoms with Crippen LogP contribution in [0.15, 0.2) is 48.8 Å². The van der Waals surface area contributed by atoms with Crippen LogP contribution >= 0.6 is 43.5 Å². The Bertz CT molecular complexity index is 1190. The fourth-order valence-corrected chi connectivity index (χ4v) is 4.31. The molecule has 1 amide bonds. The Hall–Kier alpha value is -2.56. The summed E-state index contributed by atoms with van der Waals surface area (Å²) < 4.78 is 22.7. The Balaban J connectivity index is 1.71.